The lowest BCUT2D eigenvalue weighted by Gasteiger charge is -2.28. The smallest absolute Gasteiger partial charge is 0.236 e. The van der Waals surface area contributed by atoms with Crippen molar-refractivity contribution in [3.63, 3.8) is 0 Å². The Morgan fingerprint density at radius 2 is 2.32 bits per heavy atom. The van der Waals surface area contributed by atoms with E-state index in [2.05, 4.69) is 17.9 Å². The van der Waals surface area contributed by atoms with Gasteiger partial charge in [-0.2, -0.15) is 11.8 Å². The minimum atomic E-state index is 0.310. The molecule has 1 atom stereocenters. The van der Waals surface area contributed by atoms with Gasteiger partial charge in [-0.25, -0.2) is 0 Å². The van der Waals surface area contributed by atoms with E-state index in [9.17, 15) is 4.79 Å². The fourth-order valence-electron chi connectivity index (χ4n) is 2.46. The van der Waals surface area contributed by atoms with Crippen LogP contribution in [0.5, 0.6) is 0 Å². The molecule has 0 aromatic heterocycles. The zero-order valence-electron chi connectivity index (χ0n) is 11.9. The second-order valence-electron chi connectivity index (χ2n) is 5.79. The SMILES string of the molecule is CC(CN)CSCC(=O)N(C1=CCCCC1)C1CC1. The summed E-state index contributed by atoms with van der Waals surface area (Å²) in [5.41, 5.74) is 6.90. The second-order valence-corrected chi connectivity index (χ2v) is 6.82. The van der Waals surface area contributed by atoms with E-state index < -0.39 is 0 Å². The average Bonchev–Trinajstić information content (AvgIpc) is 3.24. The van der Waals surface area contributed by atoms with Gasteiger partial charge in [-0.15, -0.1) is 0 Å². The van der Waals surface area contributed by atoms with Crippen molar-refractivity contribution in [2.45, 2.75) is 51.5 Å². The first-order valence-electron chi connectivity index (χ1n) is 7.51. The molecule has 4 heteroatoms. The van der Waals surface area contributed by atoms with Gasteiger partial charge in [0.25, 0.3) is 0 Å². The highest BCUT2D eigenvalue weighted by atomic mass is 32.2. The van der Waals surface area contributed by atoms with Gasteiger partial charge in [0.15, 0.2) is 0 Å². The van der Waals surface area contributed by atoms with Gasteiger partial charge >= 0.3 is 0 Å². The number of carbonyl (C=O) groups is 1. The molecule has 1 unspecified atom stereocenters. The van der Waals surface area contributed by atoms with Crippen molar-refractivity contribution >= 4 is 17.7 Å². The Kier molecular flexibility index (Phi) is 5.76. The number of amides is 1. The Labute approximate surface area is 121 Å². The summed E-state index contributed by atoms with van der Waals surface area (Å²) in [6, 6.07) is 0.504. The largest absolute Gasteiger partial charge is 0.330 e. The van der Waals surface area contributed by atoms with E-state index in [0.29, 0.717) is 30.2 Å². The quantitative estimate of drug-likeness (QED) is 0.781. The van der Waals surface area contributed by atoms with Crippen LogP contribution < -0.4 is 5.73 Å². The molecule has 2 aliphatic rings. The molecule has 2 rings (SSSR count). The predicted molar refractivity (Wildman–Crippen MR) is 82.0 cm³/mol. The minimum Gasteiger partial charge on any atom is -0.330 e. The maximum Gasteiger partial charge on any atom is 0.236 e. The molecule has 0 aromatic carbocycles. The van der Waals surface area contributed by atoms with Crippen LogP contribution in [0.3, 0.4) is 0 Å². The molecule has 0 aliphatic heterocycles. The normalized spacial score (nSPS) is 20.8. The van der Waals surface area contributed by atoms with Gasteiger partial charge in [0.05, 0.1) is 5.75 Å². The molecule has 108 valence electrons. The molecule has 2 aliphatic carbocycles. The van der Waals surface area contributed by atoms with Crippen molar-refractivity contribution in [3.05, 3.63) is 11.8 Å². The maximum absolute atomic E-state index is 12.4. The predicted octanol–water partition coefficient (Wildman–Crippen LogP) is 2.76. The third-order valence-electron chi connectivity index (χ3n) is 3.79. The summed E-state index contributed by atoms with van der Waals surface area (Å²) in [4.78, 5) is 14.5. The first-order valence-corrected chi connectivity index (χ1v) is 8.66. The molecule has 0 spiro atoms. The van der Waals surface area contributed by atoms with Crippen LogP contribution >= 0.6 is 11.8 Å². The van der Waals surface area contributed by atoms with Crippen LogP contribution in [0.25, 0.3) is 0 Å². The van der Waals surface area contributed by atoms with Crippen LogP contribution in [0.1, 0.15) is 45.4 Å². The molecule has 2 N–H and O–H groups in total. The highest BCUT2D eigenvalue weighted by Gasteiger charge is 2.34. The molecule has 0 radical (unpaired) electrons. The molecule has 1 amide bonds. The highest BCUT2D eigenvalue weighted by Crippen LogP contribution is 2.34. The summed E-state index contributed by atoms with van der Waals surface area (Å²) in [5, 5.41) is 0. The van der Waals surface area contributed by atoms with Gasteiger partial charge in [0.2, 0.25) is 5.91 Å². The van der Waals surface area contributed by atoms with Gasteiger partial charge in [0, 0.05) is 11.7 Å². The van der Waals surface area contributed by atoms with E-state index in [1.807, 2.05) is 0 Å². The van der Waals surface area contributed by atoms with Crippen molar-refractivity contribution in [3.8, 4) is 0 Å². The van der Waals surface area contributed by atoms with E-state index in [1.165, 1.54) is 31.4 Å². The average molecular weight is 282 g/mol. The number of nitrogens with two attached hydrogens (primary N) is 1. The molecule has 0 saturated heterocycles. The van der Waals surface area contributed by atoms with E-state index in [-0.39, 0.29) is 0 Å². The van der Waals surface area contributed by atoms with Crippen molar-refractivity contribution in [1.82, 2.24) is 4.90 Å². The Balaban J connectivity index is 1.84. The standard InChI is InChI=1S/C15H26N2OS/c1-12(9-16)10-19-11-15(18)17(14-7-8-14)13-5-3-2-4-6-13/h5,12,14H,2-4,6-11,16H2,1H3. The van der Waals surface area contributed by atoms with Gasteiger partial charge in [-0.1, -0.05) is 13.0 Å². The fourth-order valence-corrected chi connectivity index (χ4v) is 3.43. The summed E-state index contributed by atoms with van der Waals surface area (Å²) >= 11 is 1.73. The van der Waals surface area contributed by atoms with E-state index >= 15 is 0 Å². The zero-order chi connectivity index (χ0) is 13.7. The Morgan fingerprint density at radius 3 is 2.89 bits per heavy atom. The third-order valence-corrected chi connectivity index (χ3v) is 5.04. The molecular weight excluding hydrogens is 256 g/mol. The van der Waals surface area contributed by atoms with Crippen LogP contribution in [0, 0.1) is 5.92 Å². The number of thioether (sulfide) groups is 1. The van der Waals surface area contributed by atoms with Crippen LogP contribution in [0.2, 0.25) is 0 Å². The second kappa shape index (κ2) is 7.34. The lowest BCUT2D eigenvalue weighted by atomic mass is 10.0. The lowest BCUT2D eigenvalue weighted by molar-refractivity contribution is -0.127. The maximum atomic E-state index is 12.4. The number of hydrogen-bond acceptors (Lipinski definition) is 3. The minimum absolute atomic E-state index is 0.310. The van der Waals surface area contributed by atoms with Gasteiger partial charge in [-0.05, 0) is 56.7 Å². The molecule has 3 nitrogen and oxygen atoms in total. The Morgan fingerprint density at radius 1 is 1.53 bits per heavy atom. The number of rotatable bonds is 7. The molecule has 1 fully saturated rings. The number of carbonyl (C=O) groups excluding carboxylic acids is 1. The summed E-state index contributed by atoms with van der Waals surface area (Å²) in [7, 11) is 0. The van der Waals surface area contributed by atoms with Crippen molar-refractivity contribution in [1.29, 1.82) is 0 Å². The van der Waals surface area contributed by atoms with E-state index in [4.69, 9.17) is 5.73 Å². The summed E-state index contributed by atoms with van der Waals surface area (Å²) in [6.45, 7) is 2.85. The molecule has 19 heavy (non-hydrogen) atoms. The summed E-state index contributed by atoms with van der Waals surface area (Å²) in [6.07, 6.45) is 9.40. The topological polar surface area (TPSA) is 46.3 Å². The van der Waals surface area contributed by atoms with E-state index in [0.717, 1.165) is 18.6 Å². The highest BCUT2D eigenvalue weighted by molar-refractivity contribution is 7.99. The first-order chi connectivity index (χ1) is 9.22. The third kappa shape index (κ3) is 4.53. The van der Waals surface area contributed by atoms with Gasteiger partial charge < -0.3 is 10.6 Å². The lowest BCUT2D eigenvalue weighted by Crippen LogP contribution is -2.34. The van der Waals surface area contributed by atoms with Crippen LogP contribution in [0.4, 0.5) is 0 Å². The summed E-state index contributed by atoms with van der Waals surface area (Å²) in [5.74, 6) is 2.41. The van der Waals surface area contributed by atoms with Crippen LogP contribution in [-0.4, -0.2) is 34.9 Å². The van der Waals surface area contributed by atoms with Crippen LogP contribution in [0.15, 0.2) is 11.8 Å². The van der Waals surface area contributed by atoms with Crippen LogP contribution in [-0.2, 0) is 4.79 Å². The zero-order valence-corrected chi connectivity index (χ0v) is 12.8. The Hall–Kier alpha value is -0.480. The molecular formula is C15H26N2OS. The van der Waals surface area contributed by atoms with Crippen molar-refractivity contribution < 1.29 is 4.79 Å². The van der Waals surface area contributed by atoms with E-state index in [1.54, 1.807) is 11.8 Å². The van der Waals surface area contributed by atoms with Gasteiger partial charge in [0.1, 0.15) is 0 Å². The fraction of sp³-hybridized carbons (Fsp3) is 0.800. The molecule has 0 bridgehead atoms. The van der Waals surface area contributed by atoms with Gasteiger partial charge in [-0.3, -0.25) is 4.79 Å². The van der Waals surface area contributed by atoms with Crippen molar-refractivity contribution in [2.75, 3.05) is 18.1 Å². The first kappa shape index (κ1) is 14.9. The number of nitrogens with zero attached hydrogens (tertiary/aromatic N) is 1. The monoisotopic (exact) mass is 282 g/mol. The van der Waals surface area contributed by atoms with Crippen molar-refractivity contribution in [2.24, 2.45) is 11.7 Å². The molecule has 0 heterocycles. The molecule has 0 aromatic rings. The molecule has 1 saturated carbocycles. The number of hydrogen-bond donors (Lipinski definition) is 1. The Bertz CT molecular complexity index is 339. The number of allylic oxidation sites excluding steroid dienone is 2. The summed E-state index contributed by atoms with van der Waals surface area (Å²) < 4.78 is 0.